The Bertz CT molecular complexity index is 274. The minimum absolute atomic E-state index is 0.296. The van der Waals surface area contributed by atoms with Crippen molar-refractivity contribution in [3.05, 3.63) is 5.89 Å². The first kappa shape index (κ1) is 11.0. The van der Waals surface area contributed by atoms with E-state index in [1.165, 1.54) is 0 Å². The Labute approximate surface area is 84.3 Å². The molecule has 0 bridgehead atoms. The van der Waals surface area contributed by atoms with Crippen molar-refractivity contribution in [1.82, 2.24) is 10.2 Å². The zero-order valence-corrected chi connectivity index (χ0v) is 9.03. The number of anilines is 1. The minimum atomic E-state index is 0.296. The molecule has 0 spiro atoms. The van der Waals surface area contributed by atoms with Crippen LogP contribution < -0.4 is 10.6 Å². The van der Waals surface area contributed by atoms with E-state index < -0.39 is 0 Å². The lowest BCUT2D eigenvalue weighted by Gasteiger charge is -2.17. The van der Waals surface area contributed by atoms with Crippen LogP contribution in [-0.4, -0.2) is 23.8 Å². The molecule has 1 unspecified atom stereocenters. The normalized spacial score (nSPS) is 12.9. The zero-order valence-electron chi connectivity index (χ0n) is 9.03. The fraction of sp³-hybridized carbons (Fsp3) is 0.778. The summed E-state index contributed by atoms with van der Waals surface area (Å²) in [7, 11) is 1.94. The Hall–Kier alpha value is -1.10. The lowest BCUT2D eigenvalue weighted by Crippen LogP contribution is -2.23. The van der Waals surface area contributed by atoms with E-state index in [0.717, 1.165) is 13.0 Å². The molecule has 0 saturated carbocycles. The average molecular weight is 198 g/mol. The van der Waals surface area contributed by atoms with Crippen molar-refractivity contribution in [2.45, 2.75) is 26.8 Å². The summed E-state index contributed by atoms with van der Waals surface area (Å²) >= 11 is 0. The second-order valence-electron chi connectivity index (χ2n) is 3.58. The zero-order chi connectivity index (χ0) is 10.6. The summed E-state index contributed by atoms with van der Waals surface area (Å²) in [5.74, 6) is 1.10. The van der Waals surface area contributed by atoms with Crippen molar-refractivity contribution in [3.8, 4) is 0 Å². The summed E-state index contributed by atoms with van der Waals surface area (Å²) in [5, 5.41) is 7.71. The van der Waals surface area contributed by atoms with Crippen LogP contribution in [0.3, 0.4) is 0 Å². The lowest BCUT2D eigenvalue weighted by atomic mass is 10.1. The van der Waals surface area contributed by atoms with Gasteiger partial charge in [0, 0.05) is 13.6 Å². The Kier molecular flexibility index (Phi) is 3.88. The number of hydrogen-bond donors (Lipinski definition) is 1. The maximum absolute atomic E-state index is 5.38. The van der Waals surface area contributed by atoms with Crippen molar-refractivity contribution in [2.75, 3.05) is 18.5 Å². The lowest BCUT2D eigenvalue weighted by molar-refractivity contribution is 0.472. The van der Waals surface area contributed by atoms with Crippen LogP contribution >= 0.6 is 0 Å². The van der Waals surface area contributed by atoms with Gasteiger partial charge in [0.2, 0.25) is 5.89 Å². The van der Waals surface area contributed by atoms with Gasteiger partial charge in [0.1, 0.15) is 0 Å². The Morgan fingerprint density at radius 1 is 1.50 bits per heavy atom. The predicted molar refractivity (Wildman–Crippen MR) is 54.9 cm³/mol. The number of rotatable bonds is 5. The third-order valence-electron chi connectivity index (χ3n) is 2.24. The molecule has 1 atom stereocenters. The third kappa shape index (κ3) is 2.70. The molecule has 1 rings (SSSR count). The van der Waals surface area contributed by atoms with E-state index in [4.69, 9.17) is 10.2 Å². The standard InChI is InChI=1S/C9H18N4O/c1-4-7(2)6-13(3)9-12-11-8(5-10)14-9/h7H,4-6,10H2,1-3H3. The van der Waals surface area contributed by atoms with E-state index in [1.807, 2.05) is 11.9 Å². The minimum Gasteiger partial charge on any atom is -0.407 e. The quantitative estimate of drug-likeness (QED) is 0.764. The molecule has 5 heteroatoms. The molecule has 0 saturated heterocycles. The number of nitrogens with zero attached hydrogens (tertiary/aromatic N) is 3. The average Bonchev–Trinajstić information content (AvgIpc) is 2.65. The molecule has 2 N–H and O–H groups in total. The Morgan fingerprint density at radius 2 is 2.21 bits per heavy atom. The maximum Gasteiger partial charge on any atom is 0.317 e. The van der Waals surface area contributed by atoms with E-state index >= 15 is 0 Å². The van der Waals surface area contributed by atoms with Gasteiger partial charge in [-0.2, -0.15) is 0 Å². The molecule has 1 heterocycles. The van der Waals surface area contributed by atoms with Crippen molar-refractivity contribution >= 4 is 6.01 Å². The second-order valence-corrected chi connectivity index (χ2v) is 3.58. The number of aromatic nitrogens is 2. The van der Waals surface area contributed by atoms with Crippen LogP contribution in [0, 0.1) is 5.92 Å². The summed E-state index contributed by atoms with van der Waals surface area (Å²) in [6, 6.07) is 0.547. The third-order valence-corrected chi connectivity index (χ3v) is 2.24. The molecule has 0 fully saturated rings. The van der Waals surface area contributed by atoms with Gasteiger partial charge in [-0.25, -0.2) is 0 Å². The first-order chi connectivity index (χ1) is 6.67. The molecule has 0 aliphatic heterocycles. The molecule has 0 aliphatic carbocycles. The van der Waals surface area contributed by atoms with Gasteiger partial charge in [-0.15, -0.1) is 5.10 Å². The summed E-state index contributed by atoms with van der Waals surface area (Å²) in [4.78, 5) is 1.96. The van der Waals surface area contributed by atoms with E-state index in [9.17, 15) is 0 Å². The summed E-state index contributed by atoms with van der Waals surface area (Å²) in [6.07, 6.45) is 1.14. The first-order valence-corrected chi connectivity index (χ1v) is 4.91. The molecule has 0 aromatic carbocycles. The summed E-state index contributed by atoms with van der Waals surface area (Å²) < 4.78 is 5.32. The van der Waals surface area contributed by atoms with Crippen LogP contribution in [0.4, 0.5) is 6.01 Å². The summed E-state index contributed by atoms with van der Waals surface area (Å²) in [6.45, 7) is 5.57. The van der Waals surface area contributed by atoms with Gasteiger partial charge < -0.3 is 15.1 Å². The van der Waals surface area contributed by atoms with Gasteiger partial charge in [0.15, 0.2) is 0 Å². The highest BCUT2D eigenvalue weighted by Crippen LogP contribution is 2.12. The molecule has 0 aliphatic rings. The van der Waals surface area contributed by atoms with Crippen LogP contribution in [0.1, 0.15) is 26.2 Å². The molecular weight excluding hydrogens is 180 g/mol. The highest BCUT2D eigenvalue weighted by molar-refractivity contribution is 5.21. The van der Waals surface area contributed by atoms with Gasteiger partial charge in [-0.1, -0.05) is 25.4 Å². The maximum atomic E-state index is 5.38. The van der Waals surface area contributed by atoms with Gasteiger partial charge in [-0.05, 0) is 5.92 Å². The van der Waals surface area contributed by atoms with Crippen molar-refractivity contribution in [1.29, 1.82) is 0 Å². The molecular formula is C9H18N4O. The second kappa shape index (κ2) is 4.95. The van der Waals surface area contributed by atoms with Gasteiger partial charge >= 0.3 is 6.01 Å². The monoisotopic (exact) mass is 198 g/mol. The Morgan fingerprint density at radius 3 is 2.71 bits per heavy atom. The number of hydrogen-bond acceptors (Lipinski definition) is 5. The molecule has 1 aromatic heterocycles. The topological polar surface area (TPSA) is 68.2 Å². The van der Waals surface area contributed by atoms with Crippen LogP contribution in [0.2, 0.25) is 0 Å². The van der Waals surface area contributed by atoms with Crippen LogP contribution in [0.15, 0.2) is 4.42 Å². The molecule has 14 heavy (non-hydrogen) atoms. The molecule has 0 amide bonds. The molecule has 1 aromatic rings. The smallest absolute Gasteiger partial charge is 0.317 e. The van der Waals surface area contributed by atoms with E-state index in [-0.39, 0.29) is 0 Å². The molecule has 80 valence electrons. The van der Waals surface area contributed by atoms with Crippen molar-refractivity contribution < 1.29 is 4.42 Å². The molecule has 0 radical (unpaired) electrons. The van der Waals surface area contributed by atoms with E-state index in [0.29, 0.717) is 24.4 Å². The van der Waals surface area contributed by atoms with E-state index in [2.05, 4.69) is 24.0 Å². The summed E-state index contributed by atoms with van der Waals surface area (Å²) in [5.41, 5.74) is 5.38. The SMILES string of the molecule is CCC(C)CN(C)c1nnc(CN)o1. The fourth-order valence-corrected chi connectivity index (χ4v) is 1.16. The molecule has 5 nitrogen and oxygen atoms in total. The first-order valence-electron chi connectivity index (χ1n) is 4.91. The van der Waals surface area contributed by atoms with Crippen molar-refractivity contribution in [3.63, 3.8) is 0 Å². The van der Waals surface area contributed by atoms with Crippen molar-refractivity contribution in [2.24, 2.45) is 11.7 Å². The van der Waals surface area contributed by atoms with Gasteiger partial charge in [0.05, 0.1) is 6.54 Å². The predicted octanol–water partition coefficient (Wildman–Crippen LogP) is 1.01. The largest absolute Gasteiger partial charge is 0.407 e. The van der Waals surface area contributed by atoms with Crippen LogP contribution in [0.5, 0.6) is 0 Å². The van der Waals surface area contributed by atoms with Gasteiger partial charge in [-0.3, -0.25) is 0 Å². The fourth-order valence-electron chi connectivity index (χ4n) is 1.16. The highest BCUT2D eigenvalue weighted by atomic mass is 16.4. The van der Waals surface area contributed by atoms with Gasteiger partial charge in [0.25, 0.3) is 0 Å². The van der Waals surface area contributed by atoms with Crippen LogP contribution in [0.25, 0.3) is 0 Å². The van der Waals surface area contributed by atoms with Crippen LogP contribution in [-0.2, 0) is 6.54 Å². The number of nitrogens with two attached hydrogens (primary N) is 1. The van der Waals surface area contributed by atoms with E-state index in [1.54, 1.807) is 0 Å². The highest BCUT2D eigenvalue weighted by Gasteiger charge is 2.11. The Balaban J connectivity index is 2.55.